The second kappa shape index (κ2) is 6.51. The van der Waals surface area contributed by atoms with Gasteiger partial charge < -0.3 is 10.0 Å². The number of benzene rings is 1. The monoisotopic (exact) mass is 353 g/mol. The molecule has 8 heteroatoms. The summed E-state index contributed by atoms with van der Waals surface area (Å²) < 4.78 is 40.4. The highest BCUT2D eigenvalue weighted by Gasteiger charge is 2.37. The zero-order chi connectivity index (χ0) is 18.2. The number of aryl methyl sites for hydroxylation is 1. The van der Waals surface area contributed by atoms with Crippen molar-refractivity contribution in [2.75, 3.05) is 6.54 Å². The Labute approximate surface area is 142 Å². The van der Waals surface area contributed by atoms with E-state index in [4.69, 9.17) is 0 Å². The van der Waals surface area contributed by atoms with Crippen molar-refractivity contribution in [3.63, 3.8) is 0 Å². The molecule has 1 fully saturated rings. The first-order valence-corrected chi connectivity index (χ1v) is 7.87. The highest BCUT2D eigenvalue weighted by molar-refractivity contribution is 5.79. The van der Waals surface area contributed by atoms with Gasteiger partial charge in [0, 0.05) is 25.5 Å². The van der Waals surface area contributed by atoms with Crippen molar-refractivity contribution in [2.45, 2.75) is 31.2 Å². The number of aliphatic hydroxyl groups is 1. The zero-order valence-electron chi connectivity index (χ0n) is 13.6. The van der Waals surface area contributed by atoms with Crippen LogP contribution in [0.25, 0.3) is 0 Å². The lowest BCUT2D eigenvalue weighted by atomic mass is 10.0. The summed E-state index contributed by atoms with van der Waals surface area (Å²) in [6.07, 6.45) is -3.32. The predicted molar refractivity (Wildman–Crippen MR) is 83.4 cm³/mol. The van der Waals surface area contributed by atoms with Crippen molar-refractivity contribution in [1.29, 1.82) is 0 Å². The molecular formula is C17H18F3N3O2. The molecule has 1 aromatic carbocycles. The van der Waals surface area contributed by atoms with Crippen molar-refractivity contribution in [3.8, 4) is 0 Å². The average Bonchev–Trinajstić information content (AvgIpc) is 3.13. The summed E-state index contributed by atoms with van der Waals surface area (Å²) in [6, 6.07) is 6.07. The quantitative estimate of drug-likeness (QED) is 0.921. The SMILES string of the molecule is Cn1nccc1CC(=O)N1C[C@H](O)C[C@@H]1c1cccc(C(F)(F)F)c1. The van der Waals surface area contributed by atoms with E-state index >= 15 is 0 Å². The zero-order valence-corrected chi connectivity index (χ0v) is 13.6. The lowest BCUT2D eigenvalue weighted by Crippen LogP contribution is -2.33. The Morgan fingerprint density at radius 2 is 2.12 bits per heavy atom. The number of aromatic nitrogens is 2. The maximum absolute atomic E-state index is 12.9. The van der Waals surface area contributed by atoms with Gasteiger partial charge in [0.15, 0.2) is 0 Å². The highest BCUT2D eigenvalue weighted by atomic mass is 19.4. The lowest BCUT2D eigenvalue weighted by Gasteiger charge is -2.25. The molecule has 0 spiro atoms. The number of carbonyl (C=O) groups is 1. The molecule has 0 unspecified atom stereocenters. The molecule has 1 amide bonds. The van der Waals surface area contributed by atoms with Gasteiger partial charge in [-0.2, -0.15) is 18.3 Å². The molecule has 0 radical (unpaired) electrons. The Kier molecular flexibility index (Phi) is 4.55. The number of likely N-dealkylation sites (tertiary alicyclic amines) is 1. The molecule has 1 saturated heterocycles. The van der Waals surface area contributed by atoms with Crippen LogP contribution in [0.5, 0.6) is 0 Å². The molecule has 5 nitrogen and oxygen atoms in total. The van der Waals surface area contributed by atoms with Crippen LogP contribution in [0.1, 0.15) is 29.3 Å². The van der Waals surface area contributed by atoms with Crippen LogP contribution in [0.4, 0.5) is 13.2 Å². The number of hydrogen-bond donors (Lipinski definition) is 1. The molecule has 2 atom stereocenters. The van der Waals surface area contributed by atoms with Gasteiger partial charge in [-0.05, 0) is 30.2 Å². The van der Waals surface area contributed by atoms with E-state index < -0.39 is 23.9 Å². The minimum absolute atomic E-state index is 0.0820. The standard InChI is InChI=1S/C17H18F3N3O2/c1-22-13(5-6-21-22)8-16(25)23-10-14(24)9-15(23)11-3-2-4-12(7-11)17(18,19)20/h2-7,14-15,24H,8-10H2,1H3/t14-,15-/m1/s1. The van der Waals surface area contributed by atoms with Crippen LogP contribution in [-0.4, -0.2) is 38.3 Å². The number of aliphatic hydroxyl groups excluding tert-OH is 1. The molecule has 2 heterocycles. The van der Waals surface area contributed by atoms with Crippen LogP contribution < -0.4 is 0 Å². The molecule has 0 bridgehead atoms. The third-order valence-corrected chi connectivity index (χ3v) is 4.45. The Bertz CT molecular complexity index is 772. The van der Waals surface area contributed by atoms with Gasteiger partial charge in [0.2, 0.25) is 5.91 Å². The van der Waals surface area contributed by atoms with E-state index in [0.29, 0.717) is 11.3 Å². The third-order valence-electron chi connectivity index (χ3n) is 4.45. The van der Waals surface area contributed by atoms with Gasteiger partial charge in [0.05, 0.1) is 24.1 Å². The number of β-amino-alcohol motifs (C(OH)–C–C–N with tert-alkyl or cyclic N) is 1. The van der Waals surface area contributed by atoms with Crippen molar-refractivity contribution >= 4 is 5.91 Å². The fourth-order valence-electron chi connectivity index (χ4n) is 3.16. The van der Waals surface area contributed by atoms with Gasteiger partial charge in [-0.3, -0.25) is 9.48 Å². The molecule has 1 N–H and O–H groups in total. The van der Waals surface area contributed by atoms with Crippen LogP contribution in [-0.2, 0) is 24.4 Å². The fraction of sp³-hybridized carbons (Fsp3) is 0.412. The third kappa shape index (κ3) is 3.68. The Morgan fingerprint density at radius 1 is 1.36 bits per heavy atom. The minimum atomic E-state index is -4.45. The van der Waals surface area contributed by atoms with E-state index in [1.54, 1.807) is 30.1 Å². The van der Waals surface area contributed by atoms with Gasteiger partial charge in [0.1, 0.15) is 0 Å². The molecule has 1 aliphatic heterocycles. The molecule has 25 heavy (non-hydrogen) atoms. The van der Waals surface area contributed by atoms with Crippen LogP contribution in [0, 0.1) is 0 Å². The lowest BCUT2D eigenvalue weighted by molar-refractivity contribution is -0.137. The maximum atomic E-state index is 12.9. The number of nitrogens with zero attached hydrogens (tertiary/aromatic N) is 3. The summed E-state index contributed by atoms with van der Waals surface area (Å²) in [6.45, 7) is 0.109. The number of halogens is 3. The summed E-state index contributed by atoms with van der Waals surface area (Å²) in [5, 5.41) is 14.0. The molecule has 134 valence electrons. The number of alkyl halides is 3. The molecule has 0 saturated carbocycles. The Hall–Kier alpha value is -2.35. The second-order valence-electron chi connectivity index (χ2n) is 6.20. The van der Waals surface area contributed by atoms with E-state index in [1.165, 1.54) is 11.0 Å². The second-order valence-corrected chi connectivity index (χ2v) is 6.20. The molecular weight excluding hydrogens is 335 g/mol. The maximum Gasteiger partial charge on any atom is 0.416 e. The van der Waals surface area contributed by atoms with E-state index in [1.807, 2.05) is 0 Å². The number of carbonyl (C=O) groups excluding carboxylic acids is 1. The number of amides is 1. The van der Waals surface area contributed by atoms with Gasteiger partial charge in [-0.25, -0.2) is 0 Å². The van der Waals surface area contributed by atoms with E-state index in [2.05, 4.69) is 5.10 Å². The van der Waals surface area contributed by atoms with Crippen LogP contribution in [0.15, 0.2) is 36.5 Å². The normalized spacial score (nSPS) is 20.9. The number of hydrogen-bond acceptors (Lipinski definition) is 3. The van der Waals surface area contributed by atoms with Crippen molar-refractivity contribution in [2.24, 2.45) is 7.05 Å². The van der Waals surface area contributed by atoms with Crippen molar-refractivity contribution < 1.29 is 23.1 Å². The molecule has 3 rings (SSSR count). The average molecular weight is 353 g/mol. The molecule has 0 aliphatic carbocycles. The first-order chi connectivity index (χ1) is 11.8. The predicted octanol–water partition coefficient (Wildman–Crippen LogP) is 2.32. The van der Waals surface area contributed by atoms with E-state index in [0.717, 1.165) is 12.1 Å². The molecule has 2 aromatic rings. The van der Waals surface area contributed by atoms with E-state index in [-0.39, 0.29) is 25.3 Å². The van der Waals surface area contributed by atoms with Gasteiger partial charge in [-0.1, -0.05) is 12.1 Å². The number of rotatable bonds is 3. The largest absolute Gasteiger partial charge is 0.416 e. The summed E-state index contributed by atoms with van der Waals surface area (Å²) in [5.74, 6) is -0.248. The smallest absolute Gasteiger partial charge is 0.391 e. The summed E-state index contributed by atoms with van der Waals surface area (Å²) in [4.78, 5) is 14.1. The Balaban J connectivity index is 1.85. The van der Waals surface area contributed by atoms with Crippen molar-refractivity contribution in [3.05, 3.63) is 53.3 Å². The van der Waals surface area contributed by atoms with Gasteiger partial charge in [0.25, 0.3) is 0 Å². The Morgan fingerprint density at radius 3 is 2.76 bits per heavy atom. The summed E-state index contributed by atoms with van der Waals surface area (Å²) in [5.41, 5.74) is 0.323. The summed E-state index contributed by atoms with van der Waals surface area (Å²) in [7, 11) is 1.71. The van der Waals surface area contributed by atoms with Gasteiger partial charge >= 0.3 is 6.18 Å². The fourth-order valence-corrected chi connectivity index (χ4v) is 3.16. The molecule has 1 aromatic heterocycles. The van der Waals surface area contributed by atoms with E-state index in [9.17, 15) is 23.1 Å². The highest BCUT2D eigenvalue weighted by Crippen LogP contribution is 2.36. The topological polar surface area (TPSA) is 58.4 Å². The minimum Gasteiger partial charge on any atom is -0.391 e. The van der Waals surface area contributed by atoms with Gasteiger partial charge in [-0.15, -0.1) is 0 Å². The van der Waals surface area contributed by atoms with Crippen molar-refractivity contribution in [1.82, 2.24) is 14.7 Å². The first kappa shape index (κ1) is 17.5. The molecule has 1 aliphatic rings. The summed E-state index contributed by atoms with van der Waals surface area (Å²) >= 11 is 0. The van der Waals surface area contributed by atoms with Crippen LogP contribution in [0.3, 0.4) is 0 Å². The van der Waals surface area contributed by atoms with Crippen LogP contribution in [0.2, 0.25) is 0 Å². The van der Waals surface area contributed by atoms with Crippen LogP contribution >= 0.6 is 0 Å². The first-order valence-electron chi connectivity index (χ1n) is 7.87.